The fourth-order valence-electron chi connectivity index (χ4n) is 2.95. The van der Waals surface area contributed by atoms with Crippen molar-refractivity contribution >= 4 is 35.8 Å². The third-order valence-corrected chi connectivity index (χ3v) is 4.09. The fraction of sp³-hybridized carbons (Fsp3) is 0.500. The van der Waals surface area contributed by atoms with E-state index in [4.69, 9.17) is 63.7 Å². The van der Waals surface area contributed by atoms with Gasteiger partial charge in [0, 0.05) is 40.2 Å². The largest absolute Gasteiger partial charge is 0.504 e. The Hall–Kier alpha value is -4.72. The highest BCUT2D eigenvalue weighted by molar-refractivity contribution is 5.95. The minimum Gasteiger partial charge on any atom is -0.504 e. The van der Waals surface area contributed by atoms with Crippen molar-refractivity contribution in [3.8, 4) is 17.2 Å². The number of carbonyl (C=O) groups is 6. The number of carbonyl (C=O) groups excluding carboxylic acids is 1. The Bertz CT molecular complexity index is 1010. The van der Waals surface area contributed by atoms with Crippen molar-refractivity contribution in [2.24, 2.45) is 0 Å². The predicted octanol–water partition coefficient (Wildman–Crippen LogP) is -0.746. The number of fused-ring (bicyclic) bond motifs is 3. The smallest absolute Gasteiger partial charge is 0.339 e. The van der Waals surface area contributed by atoms with Crippen molar-refractivity contribution in [2.75, 3.05) is 13.7 Å². The molecule has 0 radical (unpaired) electrons. The molecule has 0 amide bonds. The quantitative estimate of drug-likeness (QED) is 0.180. The minimum atomic E-state index is -1.51. The van der Waals surface area contributed by atoms with E-state index in [9.17, 15) is 30.3 Å². The molecule has 1 aromatic rings. The summed E-state index contributed by atoms with van der Waals surface area (Å²) < 4.78 is 15.4. The summed E-state index contributed by atoms with van der Waals surface area (Å²) in [7, 11) is 1.22. The summed E-state index contributed by atoms with van der Waals surface area (Å²) >= 11 is 0. The highest BCUT2D eigenvalue weighted by atomic mass is 16.6. The number of carboxylic acid groups (broad SMARTS) is 5. The van der Waals surface area contributed by atoms with Gasteiger partial charge in [-0.15, -0.1) is 0 Å². The van der Waals surface area contributed by atoms with Crippen LogP contribution in [0.1, 0.15) is 56.6 Å². The summed E-state index contributed by atoms with van der Waals surface area (Å²) in [5.74, 6) is -6.32. The van der Waals surface area contributed by atoms with Crippen LogP contribution >= 0.6 is 0 Å². The first-order valence-electron chi connectivity index (χ1n) is 11.5. The molecule has 5 unspecified atom stereocenters. The van der Waals surface area contributed by atoms with Crippen LogP contribution in [0.4, 0.5) is 0 Å². The first-order valence-corrected chi connectivity index (χ1v) is 11.5. The molecule has 19 nitrogen and oxygen atoms in total. The van der Waals surface area contributed by atoms with Crippen molar-refractivity contribution in [3.63, 3.8) is 0 Å². The number of methoxy groups -OCH3 is 1. The number of carboxylic acids is 5. The molecule has 3 rings (SSSR count). The van der Waals surface area contributed by atoms with Gasteiger partial charge < -0.3 is 65.3 Å². The van der Waals surface area contributed by atoms with Crippen LogP contribution in [0, 0.1) is 0 Å². The Morgan fingerprint density at radius 3 is 1.49 bits per heavy atom. The first kappa shape index (κ1) is 42.7. The van der Waals surface area contributed by atoms with Crippen LogP contribution < -0.4 is 4.74 Å². The Morgan fingerprint density at radius 2 is 1.16 bits per heavy atom. The molecule has 0 bridgehead atoms. The average molecular weight is 629 g/mol. The number of aromatic hydroxyl groups is 2. The van der Waals surface area contributed by atoms with E-state index < -0.39 is 84.4 Å². The SMILES string of the molecule is CC(=O)O.CC(=O)O.CC(=O)O.CC(=O)O.CC(=O)O.COc1c(O)cc2c(c1O)C1OC(CO)C(O)C(O)C1OC2=O. The van der Waals surface area contributed by atoms with Crippen LogP contribution in [0.25, 0.3) is 0 Å². The molecule has 1 aromatic carbocycles. The van der Waals surface area contributed by atoms with Crippen molar-refractivity contribution in [2.45, 2.75) is 65.1 Å². The summed E-state index contributed by atoms with van der Waals surface area (Å²) in [6.45, 7) is 4.83. The molecule has 43 heavy (non-hydrogen) atoms. The van der Waals surface area contributed by atoms with Crippen molar-refractivity contribution in [1.82, 2.24) is 0 Å². The summed E-state index contributed by atoms with van der Waals surface area (Å²) in [4.78, 5) is 57.1. The number of hydrogen-bond donors (Lipinski definition) is 10. The van der Waals surface area contributed by atoms with Gasteiger partial charge in [0.25, 0.3) is 29.8 Å². The summed E-state index contributed by atoms with van der Waals surface area (Å²) in [5, 5.41) is 86.4. The zero-order valence-corrected chi connectivity index (χ0v) is 23.8. The van der Waals surface area contributed by atoms with Gasteiger partial charge in [-0.05, 0) is 6.07 Å². The second kappa shape index (κ2) is 21.1. The fourth-order valence-corrected chi connectivity index (χ4v) is 2.95. The Morgan fingerprint density at radius 1 is 0.791 bits per heavy atom. The van der Waals surface area contributed by atoms with Crippen LogP contribution in [-0.4, -0.2) is 125 Å². The maximum absolute atomic E-state index is 12.1. The van der Waals surface area contributed by atoms with Gasteiger partial charge in [-0.3, -0.25) is 24.0 Å². The third-order valence-electron chi connectivity index (χ3n) is 4.09. The van der Waals surface area contributed by atoms with Crippen LogP contribution in [0.3, 0.4) is 0 Å². The highest BCUT2D eigenvalue weighted by Crippen LogP contribution is 2.49. The molecular formula is C24H36O19. The molecule has 0 spiro atoms. The van der Waals surface area contributed by atoms with Gasteiger partial charge >= 0.3 is 5.97 Å². The average Bonchev–Trinajstić information content (AvgIpc) is 2.80. The first-order chi connectivity index (χ1) is 19.6. The maximum Gasteiger partial charge on any atom is 0.339 e. The Balaban J connectivity index is -0.000000654. The highest BCUT2D eigenvalue weighted by Gasteiger charge is 2.52. The Kier molecular flexibility index (Phi) is 20.9. The predicted molar refractivity (Wildman–Crippen MR) is 139 cm³/mol. The van der Waals surface area contributed by atoms with Crippen molar-refractivity contribution < 1.29 is 94.0 Å². The molecule has 0 aliphatic carbocycles. The Labute approximate surface area is 243 Å². The van der Waals surface area contributed by atoms with E-state index >= 15 is 0 Å². The summed E-state index contributed by atoms with van der Waals surface area (Å²) in [6, 6.07) is 1.06. The van der Waals surface area contributed by atoms with Crippen molar-refractivity contribution in [3.05, 3.63) is 17.2 Å². The molecule has 1 saturated heterocycles. The van der Waals surface area contributed by atoms with Gasteiger partial charge in [-0.25, -0.2) is 4.79 Å². The zero-order chi connectivity index (χ0) is 34.8. The molecule has 2 aliphatic rings. The molecule has 5 atom stereocenters. The van der Waals surface area contributed by atoms with Crippen LogP contribution in [0.2, 0.25) is 0 Å². The van der Waals surface area contributed by atoms with E-state index in [0.29, 0.717) is 0 Å². The number of aliphatic hydroxyl groups is 3. The van der Waals surface area contributed by atoms with Gasteiger partial charge in [0.2, 0.25) is 5.75 Å². The van der Waals surface area contributed by atoms with Gasteiger partial charge in [-0.1, -0.05) is 0 Å². The number of rotatable bonds is 2. The van der Waals surface area contributed by atoms with E-state index in [1.807, 2.05) is 0 Å². The number of phenols is 2. The second-order valence-corrected chi connectivity index (χ2v) is 7.96. The lowest BCUT2D eigenvalue weighted by Gasteiger charge is -2.44. The summed E-state index contributed by atoms with van der Waals surface area (Å²) in [6.07, 6.45) is -6.50. The summed E-state index contributed by atoms with van der Waals surface area (Å²) in [5.41, 5.74) is -0.187. The number of esters is 1. The van der Waals surface area contributed by atoms with E-state index in [1.165, 1.54) is 7.11 Å². The van der Waals surface area contributed by atoms with Gasteiger partial charge in [0.05, 0.1) is 19.3 Å². The monoisotopic (exact) mass is 628 g/mol. The topological polar surface area (TPSA) is 332 Å². The molecular weight excluding hydrogens is 592 g/mol. The standard InChI is InChI=1S/C14H16O9.5C2H4O2/c1-21-11-5(16)2-4-7(9(11)18)12-13(23-14(4)20)10(19)8(17)6(3-15)22-12;5*1-2(3)4/h2,6,8,10,12-13,15-19H,3H2,1H3;5*1H3,(H,3,4). The van der Waals surface area contributed by atoms with Crippen LogP contribution in [-0.2, 0) is 33.4 Å². The molecule has 2 aliphatic heterocycles. The van der Waals surface area contributed by atoms with E-state index in [1.54, 1.807) is 0 Å². The molecule has 19 heteroatoms. The van der Waals surface area contributed by atoms with Gasteiger partial charge in [0.1, 0.15) is 24.4 Å². The number of phenolic OH excluding ortho intramolecular Hbond substituents is 2. The normalized spacial score (nSPS) is 20.4. The van der Waals surface area contributed by atoms with E-state index in [2.05, 4.69) is 0 Å². The van der Waals surface area contributed by atoms with Crippen molar-refractivity contribution in [1.29, 1.82) is 0 Å². The number of hydrogen-bond acceptors (Lipinski definition) is 14. The molecule has 10 N–H and O–H groups in total. The third kappa shape index (κ3) is 17.6. The lowest BCUT2D eigenvalue weighted by Crippen LogP contribution is -2.58. The molecule has 0 aromatic heterocycles. The van der Waals surface area contributed by atoms with Crippen LogP contribution in [0.5, 0.6) is 17.2 Å². The number of ether oxygens (including phenoxy) is 3. The molecule has 1 fully saturated rings. The minimum absolute atomic E-state index is 0.0368. The van der Waals surface area contributed by atoms with E-state index in [-0.39, 0.29) is 16.9 Å². The molecule has 2 heterocycles. The lowest BCUT2D eigenvalue weighted by molar-refractivity contribution is -0.235. The number of aliphatic carboxylic acids is 5. The molecule has 0 saturated carbocycles. The number of benzene rings is 1. The van der Waals surface area contributed by atoms with E-state index in [0.717, 1.165) is 40.7 Å². The molecule has 246 valence electrons. The van der Waals surface area contributed by atoms with Gasteiger partial charge in [-0.2, -0.15) is 0 Å². The number of aliphatic hydroxyl groups excluding tert-OH is 3. The lowest BCUT2D eigenvalue weighted by atomic mass is 9.86. The van der Waals surface area contributed by atoms with Gasteiger partial charge in [0.15, 0.2) is 17.6 Å². The van der Waals surface area contributed by atoms with Crippen LogP contribution in [0.15, 0.2) is 6.07 Å². The second-order valence-electron chi connectivity index (χ2n) is 7.96. The maximum atomic E-state index is 12.1. The zero-order valence-electron chi connectivity index (χ0n) is 23.8.